The number of hydrogen-bond donors (Lipinski definition) is 1. The van der Waals surface area contributed by atoms with Gasteiger partial charge >= 0.3 is 0 Å². The van der Waals surface area contributed by atoms with Crippen LogP contribution < -0.4 is 5.73 Å². The van der Waals surface area contributed by atoms with Crippen molar-refractivity contribution >= 4 is 17.4 Å². The zero-order valence-electron chi connectivity index (χ0n) is 12.9. The number of amides is 1. The molecule has 1 saturated heterocycles. The first-order valence-electron chi connectivity index (χ1n) is 7.64. The SMILES string of the molecule is Nc1cccc([C@@H]2CN(C(=O)c3cnn4cccnc34)CCO2)n1. The Hall–Kier alpha value is -3.00. The molecule has 0 spiro atoms. The maximum atomic E-state index is 12.9. The molecule has 1 atom stereocenters. The van der Waals surface area contributed by atoms with Crippen LogP contribution in [0.3, 0.4) is 0 Å². The van der Waals surface area contributed by atoms with E-state index >= 15 is 0 Å². The van der Waals surface area contributed by atoms with Gasteiger partial charge in [0.05, 0.1) is 25.0 Å². The number of anilines is 1. The van der Waals surface area contributed by atoms with E-state index in [2.05, 4.69) is 15.1 Å². The molecule has 4 rings (SSSR count). The van der Waals surface area contributed by atoms with Gasteiger partial charge in [-0.1, -0.05) is 6.07 Å². The van der Waals surface area contributed by atoms with Gasteiger partial charge in [-0.3, -0.25) is 4.79 Å². The van der Waals surface area contributed by atoms with Gasteiger partial charge in [0, 0.05) is 18.9 Å². The van der Waals surface area contributed by atoms with Crippen LogP contribution >= 0.6 is 0 Å². The smallest absolute Gasteiger partial charge is 0.259 e. The molecular formula is C16H16N6O2. The lowest BCUT2D eigenvalue weighted by Gasteiger charge is -2.32. The Balaban J connectivity index is 1.58. The average Bonchev–Trinajstić information content (AvgIpc) is 3.05. The third kappa shape index (κ3) is 2.56. The normalized spacial score (nSPS) is 18.0. The van der Waals surface area contributed by atoms with E-state index in [1.54, 1.807) is 40.1 Å². The number of rotatable bonds is 2. The van der Waals surface area contributed by atoms with Crippen molar-refractivity contribution in [1.82, 2.24) is 24.5 Å². The van der Waals surface area contributed by atoms with E-state index in [4.69, 9.17) is 10.5 Å². The molecule has 4 heterocycles. The molecule has 8 nitrogen and oxygen atoms in total. The van der Waals surface area contributed by atoms with Crippen LogP contribution in [0.15, 0.2) is 42.9 Å². The summed E-state index contributed by atoms with van der Waals surface area (Å²) in [5.74, 6) is 0.326. The molecule has 0 aromatic carbocycles. The van der Waals surface area contributed by atoms with Crippen molar-refractivity contribution in [2.24, 2.45) is 0 Å². The van der Waals surface area contributed by atoms with Gasteiger partial charge in [-0.05, 0) is 18.2 Å². The Morgan fingerprint density at radius 1 is 1.33 bits per heavy atom. The van der Waals surface area contributed by atoms with Gasteiger partial charge in [0.1, 0.15) is 17.5 Å². The van der Waals surface area contributed by atoms with Gasteiger partial charge in [0.2, 0.25) is 0 Å². The summed E-state index contributed by atoms with van der Waals surface area (Å²) in [6, 6.07) is 7.17. The van der Waals surface area contributed by atoms with Crippen LogP contribution in [0.1, 0.15) is 22.2 Å². The highest BCUT2D eigenvalue weighted by Crippen LogP contribution is 2.23. The Morgan fingerprint density at radius 3 is 3.12 bits per heavy atom. The van der Waals surface area contributed by atoms with Crippen molar-refractivity contribution in [3.8, 4) is 0 Å². The first-order chi connectivity index (χ1) is 11.7. The molecular weight excluding hydrogens is 308 g/mol. The van der Waals surface area contributed by atoms with E-state index in [9.17, 15) is 4.79 Å². The van der Waals surface area contributed by atoms with Gasteiger partial charge in [-0.2, -0.15) is 5.10 Å². The topological polar surface area (TPSA) is 98.6 Å². The molecule has 0 bridgehead atoms. The largest absolute Gasteiger partial charge is 0.384 e. The fraction of sp³-hybridized carbons (Fsp3) is 0.250. The van der Waals surface area contributed by atoms with E-state index < -0.39 is 0 Å². The van der Waals surface area contributed by atoms with Gasteiger partial charge in [0.15, 0.2) is 5.65 Å². The number of carbonyl (C=O) groups excluding carboxylic acids is 1. The molecule has 0 saturated carbocycles. The molecule has 0 unspecified atom stereocenters. The van der Waals surface area contributed by atoms with E-state index in [0.29, 0.717) is 36.7 Å². The summed E-state index contributed by atoms with van der Waals surface area (Å²) in [7, 11) is 0. The Morgan fingerprint density at radius 2 is 2.25 bits per heavy atom. The molecule has 3 aromatic heterocycles. The lowest BCUT2D eigenvalue weighted by Crippen LogP contribution is -2.42. The van der Waals surface area contributed by atoms with E-state index in [-0.39, 0.29) is 12.0 Å². The quantitative estimate of drug-likeness (QED) is 0.752. The van der Waals surface area contributed by atoms with Gasteiger partial charge in [-0.25, -0.2) is 14.5 Å². The number of pyridine rings is 1. The van der Waals surface area contributed by atoms with Crippen LogP contribution in [-0.2, 0) is 4.74 Å². The minimum atomic E-state index is -0.291. The number of nitrogens with zero attached hydrogens (tertiary/aromatic N) is 5. The molecule has 8 heteroatoms. The van der Waals surface area contributed by atoms with Crippen molar-refractivity contribution in [3.63, 3.8) is 0 Å². The Labute approximate surface area is 137 Å². The summed E-state index contributed by atoms with van der Waals surface area (Å²) >= 11 is 0. The molecule has 1 fully saturated rings. The third-order valence-corrected chi connectivity index (χ3v) is 3.99. The van der Waals surface area contributed by atoms with Crippen LogP contribution in [0.2, 0.25) is 0 Å². The van der Waals surface area contributed by atoms with Crippen LogP contribution in [0.25, 0.3) is 5.65 Å². The molecule has 3 aromatic rings. The fourth-order valence-corrected chi connectivity index (χ4v) is 2.81. The molecule has 0 radical (unpaired) electrons. The molecule has 0 aliphatic carbocycles. The molecule has 1 amide bonds. The second-order valence-corrected chi connectivity index (χ2v) is 5.54. The zero-order valence-corrected chi connectivity index (χ0v) is 12.9. The number of ether oxygens (including phenoxy) is 1. The standard InChI is InChI=1S/C16H16N6O2/c17-14-4-1-3-12(20-14)13-10-21(7-8-24-13)16(23)11-9-19-22-6-2-5-18-15(11)22/h1-6,9,13H,7-8,10H2,(H2,17,20)/t13-/m0/s1. The van der Waals surface area contributed by atoms with Gasteiger partial charge in [0.25, 0.3) is 5.91 Å². The Bertz CT molecular complexity index is 893. The zero-order chi connectivity index (χ0) is 16.5. The number of aromatic nitrogens is 4. The van der Waals surface area contributed by atoms with Gasteiger partial charge in [-0.15, -0.1) is 0 Å². The summed E-state index contributed by atoms with van der Waals surface area (Å²) in [5.41, 5.74) is 7.49. The lowest BCUT2D eigenvalue weighted by atomic mass is 10.1. The predicted molar refractivity (Wildman–Crippen MR) is 86.2 cm³/mol. The molecule has 1 aliphatic rings. The molecule has 2 N–H and O–H groups in total. The second-order valence-electron chi connectivity index (χ2n) is 5.54. The maximum absolute atomic E-state index is 12.9. The number of morpholine rings is 1. The number of nitrogen functional groups attached to an aromatic ring is 1. The molecule has 122 valence electrons. The number of carbonyl (C=O) groups is 1. The molecule has 24 heavy (non-hydrogen) atoms. The van der Waals surface area contributed by atoms with Crippen molar-refractivity contribution in [3.05, 3.63) is 54.1 Å². The fourth-order valence-electron chi connectivity index (χ4n) is 2.81. The van der Waals surface area contributed by atoms with Crippen LogP contribution in [0.5, 0.6) is 0 Å². The van der Waals surface area contributed by atoms with E-state index in [1.807, 2.05) is 12.1 Å². The Kier molecular flexibility index (Phi) is 3.58. The van der Waals surface area contributed by atoms with Crippen LogP contribution in [-0.4, -0.2) is 50.1 Å². The van der Waals surface area contributed by atoms with Crippen molar-refractivity contribution in [2.45, 2.75) is 6.10 Å². The number of hydrogen-bond acceptors (Lipinski definition) is 6. The number of fused-ring (bicyclic) bond motifs is 1. The summed E-state index contributed by atoms with van der Waals surface area (Å²) in [5, 5.41) is 4.17. The summed E-state index contributed by atoms with van der Waals surface area (Å²) in [4.78, 5) is 23.1. The predicted octanol–water partition coefficient (Wildman–Crippen LogP) is 0.920. The highest BCUT2D eigenvalue weighted by Gasteiger charge is 2.28. The summed E-state index contributed by atoms with van der Waals surface area (Å²) in [6.07, 6.45) is 4.67. The summed E-state index contributed by atoms with van der Waals surface area (Å²) in [6.45, 7) is 1.38. The second kappa shape index (κ2) is 5.89. The van der Waals surface area contributed by atoms with Crippen molar-refractivity contribution in [2.75, 3.05) is 25.4 Å². The first-order valence-corrected chi connectivity index (χ1v) is 7.64. The van der Waals surface area contributed by atoms with E-state index in [0.717, 1.165) is 5.69 Å². The lowest BCUT2D eigenvalue weighted by molar-refractivity contribution is -0.0246. The first kappa shape index (κ1) is 14.6. The summed E-state index contributed by atoms with van der Waals surface area (Å²) < 4.78 is 7.34. The van der Waals surface area contributed by atoms with E-state index in [1.165, 1.54) is 0 Å². The average molecular weight is 324 g/mol. The monoisotopic (exact) mass is 324 g/mol. The van der Waals surface area contributed by atoms with Crippen molar-refractivity contribution < 1.29 is 9.53 Å². The number of nitrogens with two attached hydrogens (primary N) is 1. The minimum absolute atomic E-state index is 0.110. The maximum Gasteiger partial charge on any atom is 0.259 e. The highest BCUT2D eigenvalue weighted by atomic mass is 16.5. The van der Waals surface area contributed by atoms with Gasteiger partial charge < -0.3 is 15.4 Å². The third-order valence-electron chi connectivity index (χ3n) is 3.99. The van der Waals surface area contributed by atoms with Crippen LogP contribution in [0, 0.1) is 0 Å². The minimum Gasteiger partial charge on any atom is -0.384 e. The van der Waals surface area contributed by atoms with Crippen molar-refractivity contribution in [1.29, 1.82) is 0 Å². The van der Waals surface area contributed by atoms with Crippen LogP contribution in [0.4, 0.5) is 5.82 Å². The highest BCUT2D eigenvalue weighted by molar-refractivity contribution is 5.99. The molecule has 1 aliphatic heterocycles.